The van der Waals surface area contributed by atoms with Crippen molar-refractivity contribution >= 4 is 11.9 Å². The number of fused-ring (bicyclic) bond motifs is 1. The fourth-order valence-electron chi connectivity index (χ4n) is 2.48. The standard InChI is InChI=1S/C12H19NO4/c1-3-16-11(15)12(2)10(14)13-8-6-4-5-7-9(8)17-12/h8-9H,3-7H2,1-2H3,(H,13,14). The first-order chi connectivity index (χ1) is 8.08. The third-order valence-electron chi connectivity index (χ3n) is 3.50. The predicted octanol–water partition coefficient (Wildman–Crippen LogP) is 0.766. The Morgan fingerprint density at radius 2 is 2.24 bits per heavy atom. The first-order valence-corrected chi connectivity index (χ1v) is 6.24. The van der Waals surface area contributed by atoms with Crippen molar-refractivity contribution in [3.05, 3.63) is 0 Å². The number of esters is 1. The van der Waals surface area contributed by atoms with Gasteiger partial charge in [0, 0.05) is 0 Å². The molecule has 2 aliphatic rings. The maximum absolute atomic E-state index is 12.0. The molecule has 2 fully saturated rings. The van der Waals surface area contributed by atoms with Gasteiger partial charge in [-0.15, -0.1) is 0 Å². The van der Waals surface area contributed by atoms with E-state index in [4.69, 9.17) is 9.47 Å². The van der Waals surface area contributed by atoms with Gasteiger partial charge in [0.05, 0.1) is 18.8 Å². The maximum Gasteiger partial charge on any atom is 0.348 e. The Kier molecular flexibility index (Phi) is 3.38. The van der Waals surface area contributed by atoms with Crippen molar-refractivity contribution in [1.29, 1.82) is 0 Å². The van der Waals surface area contributed by atoms with E-state index in [1.807, 2.05) is 0 Å². The highest BCUT2D eigenvalue weighted by Crippen LogP contribution is 2.30. The van der Waals surface area contributed by atoms with Crippen LogP contribution in [0.3, 0.4) is 0 Å². The second kappa shape index (κ2) is 4.64. The predicted molar refractivity (Wildman–Crippen MR) is 60.3 cm³/mol. The quantitative estimate of drug-likeness (QED) is 0.573. The van der Waals surface area contributed by atoms with Gasteiger partial charge in [0.2, 0.25) is 5.60 Å². The van der Waals surface area contributed by atoms with E-state index >= 15 is 0 Å². The number of carbonyl (C=O) groups excluding carboxylic acids is 2. The van der Waals surface area contributed by atoms with E-state index < -0.39 is 11.6 Å². The molecular formula is C12H19NO4. The van der Waals surface area contributed by atoms with Gasteiger partial charge in [-0.25, -0.2) is 4.79 Å². The molecule has 0 aromatic rings. The number of ether oxygens (including phenoxy) is 2. The SMILES string of the molecule is CCOC(=O)C1(C)OC2CCCCC2NC1=O. The van der Waals surface area contributed by atoms with Gasteiger partial charge in [0.15, 0.2) is 0 Å². The number of amides is 1. The van der Waals surface area contributed by atoms with Gasteiger partial charge in [-0.2, -0.15) is 0 Å². The number of hydrogen-bond acceptors (Lipinski definition) is 4. The van der Waals surface area contributed by atoms with E-state index in [0.717, 1.165) is 25.7 Å². The molecule has 0 aromatic carbocycles. The molecule has 0 aromatic heterocycles. The third-order valence-corrected chi connectivity index (χ3v) is 3.50. The molecule has 5 nitrogen and oxygen atoms in total. The monoisotopic (exact) mass is 241 g/mol. The van der Waals surface area contributed by atoms with Crippen LogP contribution in [-0.2, 0) is 19.1 Å². The molecule has 1 heterocycles. The van der Waals surface area contributed by atoms with Crippen LogP contribution in [0.15, 0.2) is 0 Å². The highest BCUT2D eigenvalue weighted by atomic mass is 16.6. The van der Waals surface area contributed by atoms with E-state index in [0.29, 0.717) is 0 Å². The van der Waals surface area contributed by atoms with Gasteiger partial charge in [-0.1, -0.05) is 12.8 Å². The Balaban J connectivity index is 2.13. The van der Waals surface area contributed by atoms with Crippen molar-refractivity contribution in [1.82, 2.24) is 5.32 Å². The largest absolute Gasteiger partial charge is 0.463 e. The molecule has 1 aliphatic carbocycles. The van der Waals surface area contributed by atoms with Gasteiger partial charge < -0.3 is 14.8 Å². The number of nitrogens with one attached hydrogen (secondary N) is 1. The first-order valence-electron chi connectivity index (χ1n) is 6.24. The van der Waals surface area contributed by atoms with Crippen LogP contribution in [0.2, 0.25) is 0 Å². The second-order valence-corrected chi connectivity index (χ2v) is 4.77. The highest BCUT2D eigenvalue weighted by molar-refractivity contribution is 6.06. The lowest BCUT2D eigenvalue weighted by Crippen LogP contribution is -2.65. The normalized spacial score (nSPS) is 36.9. The molecule has 96 valence electrons. The minimum absolute atomic E-state index is 0.0544. The van der Waals surface area contributed by atoms with E-state index in [1.165, 1.54) is 6.92 Å². The topological polar surface area (TPSA) is 64.6 Å². The first kappa shape index (κ1) is 12.4. The summed E-state index contributed by atoms with van der Waals surface area (Å²) >= 11 is 0. The zero-order valence-electron chi connectivity index (χ0n) is 10.3. The van der Waals surface area contributed by atoms with Crippen LogP contribution in [0.5, 0.6) is 0 Å². The van der Waals surface area contributed by atoms with E-state index in [9.17, 15) is 9.59 Å². The van der Waals surface area contributed by atoms with Crippen molar-refractivity contribution in [2.24, 2.45) is 0 Å². The van der Waals surface area contributed by atoms with E-state index in [1.54, 1.807) is 6.92 Å². The van der Waals surface area contributed by atoms with Crippen molar-refractivity contribution in [3.8, 4) is 0 Å². The second-order valence-electron chi connectivity index (χ2n) is 4.77. The number of carbonyl (C=O) groups is 2. The molecule has 2 rings (SSSR count). The van der Waals surface area contributed by atoms with Crippen LogP contribution in [0.4, 0.5) is 0 Å². The van der Waals surface area contributed by atoms with Crippen LogP contribution in [-0.4, -0.2) is 36.2 Å². The van der Waals surface area contributed by atoms with Crippen molar-refractivity contribution in [2.75, 3.05) is 6.61 Å². The fourth-order valence-corrected chi connectivity index (χ4v) is 2.48. The lowest BCUT2D eigenvalue weighted by atomic mass is 9.88. The molecule has 1 amide bonds. The Labute approximate surface area is 101 Å². The zero-order chi connectivity index (χ0) is 12.5. The molecule has 5 heteroatoms. The average molecular weight is 241 g/mol. The Bertz CT molecular complexity index is 330. The minimum atomic E-state index is -1.48. The highest BCUT2D eigenvalue weighted by Gasteiger charge is 2.51. The van der Waals surface area contributed by atoms with Gasteiger partial charge in [-0.3, -0.25) is 4.79 Å². The molecule has 0 bridgehead atoms. The van der Waals surface area contributed by atoms with E-state index in [2.05, 4.69) is 5.32 Å². The molecule has 1 N–H and O–H groups in total. The Hall–Kier alpha value is -1.10. The summed E-state index contributed by atoms with van der Waals surface area (Å²) in [5.41, 5.74) is -1.48. The molecule has 1 saturated heterocycles. The minimum Gasteiger partial charge on any atom is -0.463 e. The lowest BCUT2D eigenvalue weighted by molar-refractivity contribution is -0.195. The molecule has 3 unspecified atom stereocenters. The van der Waals surface area contributed by atoms with Crippen LogP contribution < -0.4 is 5.32 Å². The smallest absolute Gasteiger partial charge is 0.348 e. The Morgan fingerprint density at radius 3 is 2.94 bits per heavy atom. The van der Waals surface area contributed by atoms with Gasteiger partial charge in [0.25, 0.3) is 5.91 Å². The van der Waals surface area contributed by atoms with Crippen molar-refractivity contribution in [3.63, 3.8) is 0 Å². The molecule has 17 heavy (non-hydrogen) atoms. The summed E-state index contributed by atoms with van der Waals surface area (Å²) in [5.74, 6) is -0.972. The van der Waals surface area contributed by atoms with Crippen LogP contribution >= 0.6 is 0 Å². The maximum atomic E-state index is 12.0. The fraction of sp³-hybridized carbons (Fsp3) is 0.833. The zero-order valence-corrected chi connectivity index (χ0v) is 10.3. The number of morpholine rings is 1. The van der Waals surface area contributed by atoms with Crippen LogP contribution in [0.25, 0.3) is 0 Å². The molecule has 3 atom stereocenters. The molecular weight excluding hydrogens is 222 g/mol. The summed E-state index contributed by atoms with van der Waals surface area (Å²) in [6.45, 7) is 3.45. The number of rotatable bonds is 2. The van der Waals surface area contributed by atoms with Gasteiger partial charge >= 0.3 is 5.97 Å². The molecule has 1 aliphatic heterocycles. The summed E-state index contributed by atoms with van der Waals surface area (Å²) in [5, 5.41) is 2.88. The summed E-state index contributed by atoms with van der Waals surface area (Å²) in [4.78, 5) is 23.7. The number of hydrogen-bond donors (Lipinski definition) is 1. The molecule has 0 spiro atoms. The van der Waals surface area contributed by atoms with E-state index in [-0.39, 0.29) is 24.7 Å². The van der Waals surface area contributed by atoms with Crippen LogP contribution in [0, 0.1) is 0 Å². The third kappa shape index (κ3) is 2.16. The van der Waals surface area contributed by atoms with Crippen molar-refractivity contribution in [2.45, 2.75) is 57.3 Å². The van der Waals surface area contributed by atoms with Gasteiger partial charge in [0.1, 0.15) is 0 Å². The van der Waals surface area contributed by atoms with Gasteiger partial charge in [-0.05, 0) is 26.7 Å². The summed E-state index contributed by atoms with van der Waals surface area (Å²) in [6.07, 6.45) is 3.93. The molecule has 0 radical (unpaired) electrons. The average Bonchev–Trinajstić information content (AvgIpc) is 2.31. The summed E-state index contributed by atoms with van der Waals surface area (Å²) < 4.78 is 10.6. The summed E-state index contributed by atoms with van der Waals surface area (Å²) in [6, 6.07) is 0.0544. The molecule has 1 saturated carbocycles. The van der Waals surface area contributed by atoms with Crippen molar-refractivity contribution < 1.29 is 19.1 Å². The summed E-state index contributed by atoms with van der Waals surface area (Å²) in [7, 11) is 0. The lowest BCUT2D eigenvalue weighted by Gasteiger charge is -2.43. The Morgan fingerprint density at radius 1 is 1.53 bits per heavy atom. The van der Waals surface area contributed by atoms with Crippen LogP contribution in [0.1, 0.15) is 39.5 Å².